The van der Waals surface area contributed by atoms with Gasteiger partial charge in [0.2, 0.25) is 0 Å². The van der Waals surface area contributed by atoms with Gasteiger partial charge in [-0.3, -0.25) is 0 Å². The Labute approximate surface area is 85.5 Å². The van der Waals surface area contributed by atoms with Gasteiger partial charge < -0.3 is 5.11 Å². The van der Waals surface area contributed by atoms with Crippen LogP contribution in [0.2, 0.25) is 0 Å². The minimum absolute atomic E-state index is 0.0153. The lowest BCUT2D eigenvalue weighted by Gasteiger charge is -2.15. The molecule has 1 radical (unpaired) electrons. The van der Waals surface area contributed by atoms with Crippen molar-refractivity contribution in [1.29, 1.82) is 0 Å². The van der Waals surface area contributed by atoms with Crippen LogP contribution in [0.15, 0.2) is 18.2 Å². The Kier molecular flexibility index (Phi) is 2.46. The molecule has 0 amide bonds. The van der Waals surface area contributed by atoms with E-state index in [9.17, 15) is 13.2 Å². The van der Waals surface area contributed by atoms with Crippen molar-refractivity contribution in [2.45, 2.75) is 24.9 Å². The number of aliphatic hydroxyl groups is 1. The predicted molar refractivity (Wildman–Crippen MR) is 48.8 cm³/mol. The van der Waals surface area contributed by atoms with E-state index in [1.807, 2.05) is 0 Å². The quantitative estimate of drug-likeness (QED) is 0.800. The van der Waals surface area contributed by atoms with Crippen LogP contribution < -0.4 is 0 Å². The van der Waals surface area contributed by atoms with Gasteiger partial charge in [-0.15, -0.1) is 0 Å². The molecule has 1 aliphatic rings. The largest absolute Gasteiger partial charge is 0.417 e. The van der Waals surface area contributed by atoms with E-state index in [2.05, 4.69) is 0 Å². The van der Waals surface area contributed by atoms with E-state index in [0.29, 0.717) is 12.2 Å². The van der Waals surface area contributed by atoms with Crippen LogP contribution in [0.4, 0.5) is 13.2 Å². The first-order chi connectivity index (χ1) is 7.04. The molecule has 1 nitrogen and oxygen atoms in total. The molecule has 4 heteroatoms. The minimum atomic E-state index is -4.40. The average molecular weight is 215 g/mol. The van der Waals surface area contributed by atoms with Gasteiger partial charge in [-0.05, 0) is 29.9 Å². The molecule has 1 aromatic carbocycles. The van der Waals surface area contributed by atoms with Crippen molar-refractivity contribution in [3.05, 3.63) is 41.5 Å². The molecule has 0 aromatic heterocycles. The van der Waals surface area contributed by atoms with Gasteiger partial charge in [0.05, 0.1) is 5.56 Å². The fraction of sp³-hybridized carbons (Fsp3) is 0.364. The average Bonchev–Trinajstić information content (AvgIpc) is 2.98. The van der Waals surface area contributed by atoms with Crippen molar-refractivity contribution >= 4 is 0 Å². The Bertz CT molecular complexity index is 367. The molecule has 0 saturated heterocycles. The summed E-state index contributed by atoms with van der Waals surface area (Å²) in [7, 11) is 0. The Morgan fingerprint density at radius 2 is 1.93 bits per heavy atom. The van der Waals surface area contributed by atoms with Crippen LogP contribution in [-0.2, 0) is 6.18 Å². The number of aliphatic hydroxyl groups excluding tert-OH is 1. The van der Waals surface area contributed by atoms with Crippen LogP contribution in [0, 0.1) is 6.61 Å². The fourth-order valence-electron chi connectivity index (χ4n) is 1.76. The van der Waals surface area contributed by atoms with Gasteiger partial charge in [-0.1, -0.05) is 18.2 Å². The third-order valence-electron chi connectivity index (χ3n) is 2.57. The van der Waals surface area contributed by atoms with Crippen LogP contribution in [0.25, 0.3) is 0 Å². The molecule has 81 valence electrons. The maximum atomic E-state index is 12.8. The van der Waals surface area contributed by atoms with Crippen LogP contribution in [0.1, 0.15) is 35.4 Å². The lowest BCUT2D eigenvalue weighted by atomic mass is 9.97. The molecular formula is C11H10F3O. The number of halogens is 3. The van der Waals surface area contributed by atoms with E-state index in [4.69, 9.17) is 5.11 Å². The summed E-state index contributed by atoms with van der Waals surface area (Å²) in [5.74, 6) is 0.0153. The summed E-state index contributed by atoms with van der Waals surface area (Å²) in [6.45, 7) is 0.523. The first-order valence-electron chi connectivity index (χ1n) is 4.71. The van der Waals surface area contributed by atoms with Crippen molar-refractivity contribution in [2.75, 3.05) is 0 Å². The molecule has 0 bridgehead atoms. The SMILES string of the molecule is O[CH]c1cccc(C2CC2)c1C(F)(F)F. The number of alkyl halides is 3. The topological polar surface area (TPSA) is 20.2 Å². The second-order valence-corrected chi connectivity index (χ2v) is 3.71. The summed E-state index contributed by atoms with van der Waals surface area (Å²) in [5.41, 5.74) is -0.521. The van der Waals surface area contributed by atoms with E-state index in [0.717, 1.165) is 12.8 Å². The molecule has 0 unspecified atom stereocenters. The maximum Gasteiger partial charge on any atom is 0.417 e. The molecule has 1 saturated carbocycles. The number of hydrogen-bond donors (Lipinski definition) is 1. The zero-order valence-electron chi connectivity index (χ0n) is 7.88. The van der Waals surface area contributed by atoms with Crippen LogP contribution in [0.3, 0.4) is 0 Å². The summed E-state index contributed by atoms with van der Waals surface area (Å²) in [4.78, 5) is 0. The van der Waals surface area contributed by atoms with Gasteiger partial charge in [0, 0.05) is 0 Å². The maximum absolute atomic E-state index is 12.8. The lowest BCUT2D eigenvalue weighted by molar-refractivity contribution is -0.138. The van der Waals surface area contributed by atoms with E-state index in [1.54, 1.807) is 6.07 Å². The van der Waals surface area contributed by atoms with E-state index < -0.39 is 11.7 Å². The summed E-state index contributed by atoms with van der Waals surface area (Å²) in [5, 5.41) is 8.78. The van der Waals surface area contributed by atoms with E-state index in [-0.39, 0.29) is 11.5 Å². The fourth-order valence-corrected chi connectivity index (χ4v) is 1.76. The van der Waals surface area contributed by atoms with Crippen molar-refractivity contribution in [3.8, 4) is 0 Å². The lowest BCUT2D eigenvalue weighted by Crippen LogP contribution is -2.12. The molecular weight excluding hydrogens is 205 g/mol. The number of benzene rings is 1. The minimum Gasteiger partial charge on any atom is -0.385 e. The molecule has 0 aliphatic heterocycles. The first-order valence-corrected chi connectivity index (χ1v) is 4.71. The highest BCUT2D eigenvalue weighted by Crippen LogP contribution is 2.46. The van der Waals surface area contributed by atoms with E-state index in [1.165, 1.54) is 12.1 Å². The highest BCUT2D eigenvalue weighted by Gasteiger charge is 2.39. The van der Waals surface area contributed by atoms with Gasteiger partial charge in [0.25, 0.3) is 0 Å². The molecule has 0 spiro atoms. The molecule has 0 atom stereocenters. The molecule has 1 aromatic rings. The van der Waals surface area contributed by atoms with E-state index >= 15 is 0 Å². The summed E-state index contributed by atoms with van der Waals surface area (Å²) < 4.78 is 38.3. The number of rotatable bonds is 2. The van der Waals surface area contributed by atoms with Crippen molar-refractivity contribution in [3.63, 3.8) is 0 Å². The highest BCUT2D eigenvalue weighted by molar-refractivity contribution is 5.43. The monoisotopic (exact) mass is 215 g/mol. The Balaban J connectivity index is 2.54. The van der Waals surface area contributed by atoms with Crippen molar-refractivity contribution in [2.24, 2.45) is 0 Å². The summed E-state index contributed by atoms with van der Waals surface area (Å²) in [6, 6.07) is 4.31. The predicted octanol–water partition coefficient (Wildman–Crippen LogP) is 3.47. The first kappa shape index (κ1) is 10.5. The van der Waals surface area contributed by atoms with Crippen LogP contribution in [-0.4, -0.2) is 5.11 Å². The normalized spacial score (nSPS) is 16.8. The summed E-state index contributed by atoms with van der Waals surface area (Å²) in [6.07, 6.45) is -2.79. The molecule has 15 heavy (non-hydrogen) atoms. The molecule has 2 rings (SSSR count). The second-order valence-electron chi connectivity index (χ2n) is 3.71. The highest BCUT2D eigenvalue weighted by atomic mass is 19.4. The van der Waals surface area contributed by atoms with Gasteiger partial charge in [-0.2, -0.15) is 13.2 Å². The Morgan fingerprint density at radius 1 is 1.27 bits per heavy atom. The van der Waals surface area contributed by atoms with Crippen LogP contribution >= 0.6 is 0 Å². The Morgan fingerprint density at radius 3 is 2.40 bits per heavy atom. The Hall–Kier alpha value is -1.03. The summed E-state index contributed by atoms with van der Waals surface area (Å²) >= 11 is 0. The number of hydrogen-bond acceptors (Lipinski definition) is 1. The zero-order chi connectivity index (χ0) is 11.1. The molecule has 1 N–H and O–H groups in total. The second kappa shape index (κ2) is 3.52. The van der Waals surface area contributed by atoms with Gasteiger partial charge >= 0.3 is 6.18 Å². The van der Waals surface area contributed by atoms with Crippen molar-refractivity contribution in [1.82, 2.24) is 0 Å². The zero-order valence-corrected chi connectivity index (χ0v) is 7.88. The standard InChI is InChI=1S/C11H10F3O/c12-11(13,14)10-8(6-15)2-1-3-9(10)7-4-5-7/h1-3,6-7,15H,4-5H2. The third kappa shape index (κ3) is 2.00. The smallest absolute Gasteiger partial charge is 0.385 e. The van der Waals surface area contributed by atoms with Gasteiger partial charge in [0.1, 0.15) is 6.61 Å². The molecule has 0 heterocycles. The molecule has 1 aliphatic carbocycles. The third-order valence-corrected chi connectivity index (χ3v) is 2.57. The molecule has 1 fully saturated rings. The van der Waals surface area contributed by atoms with Crippen LogP contribution in [0.5, 0.6) is 0 Å². The van der Waals surface area contributed by atoms with Gasteiger partial charge in [0.15, 0.2) is 0 Å². The van der Waals surface area contributed by atoms with Gasteiger partial charge in [-0.25, -0.2) is 0 Å². The van der Waals surface area contributed by atoms with Crippen molar-refractivity contribution < 1.29 is 18.3 Å².